The molecule has 4 nitrogen and oxygen atoms in total. The molecule has 0 amide bonds. The third-order valence-electron chi connectivity index (χ3n) is 3.63. The number of hydrogen-bond acceptors (Lipinski definition) is 4. The quantitative estimate of drug-likeness (QED) is 0.944. The standard InChI is InChI=1S/C14H16BrN3O/c1-14(6-7-16-9-14)13-17-12(18-19-13)8-10-2-4-11(15)5-3-10/h2-5,16H,6-9H2,1H3. The van der Waals surface area contributed by atoms with Crippen LogP contribution in [0.1, 0.15) is 30.6 Å². The molecular weight excluding hydrogens is 306 g/mol. The zero-order chi connectivity index (χ0) is 13.3. The van der Waals surface area contributed by atoms with Crippen molar-refractivity contribution in [2.24, 2.45) is 0 Å². The summed E-state index contributed by atoms with van der Waals surface area (Å²) < 4.78 is 6.52. The Morgan fingerprint density at radius 1 is 1.37 bits per heavy atom. The Labute approximate surface area is 120 Å². The third-order valence-corrected chi connectivity index (χ3v) is 4.16. The first-order valence-electron chi connectivity index (χ1n) is 6.44. The van der Waals surface area contributed by atoms with Crippen LogP contribution >= 0.6 is 15.9 Å². The molecule has 1 atom stereocenters. The van der Waals surface area contributed by atoms with Crippen LogP contribution < -0.4 is 5.32 Å². The van der Waals surface area contributed by atoms with Gasteiger partial charge in [0.1, 0.15) is 0 Å². The highest BCUT2D eigenvalue weighted by molar-refractivity contribution is 9.10. The van der Waals surface area contributed by atoms with Crippen LogP contribution in [-0.4, -0.2) is 23.2 Å². The molecule has 2 heterocycles. The summed E-state index contributed by atoms with van der Waals surface area (Å²) in [7, 11) is 0. The summed E-state index contributed by atoms with van der Waals surface area (Å²) in [5, 5.41) is 7.44. The van der Waals surface area contributed by atoms with Gasteiger partial charge in [0.25, 0.3) is 0 Å². The number of benzene rings is 1. The molecule has 5 heteroatoms. The van der Waals surface area contributed by atoms with E-state index in [4.69, 9.17) is 4.52 Å². The molecule has 1 aromatic heterocycles. The van der Waals surface area contributed by atoms with Crippen LogP contribution in [0.4, 0.5) is 0 Å². The lowest BCUT2D eigenvalue weighted by molar-refractivity contribution is 0.304. The SMILES string of the molecule is CC1(c2nc(Cc3ccc(Br)cc3)no2)CCNC1. The molecule has 0 bridgehead atoms. The Kier molecular flexibility index (Phi) is 3.41. The van der Waals surface area contributed by atoms with Gasteiger partial charge in [-0.05, 0) is 37.6 Å². The van der Waals surface area contributed by atoms with Gasteiger partial charge in [0.2, 0.25) is 5.89 Å². The van der Waals surface area contributed by atoms with Crippen molar-refractivity contribution in [1.29, 1.82) is 0 Å². The van der Waals surface area contributed by atoms with Gasteiger partial charge in [-0.3, -0.25) is 0 Å². The number of hydrogen-bond donors (Lipinski definition) is 1. The molecule has 0 spiro atoms. The molecule has 1 unspecified atom stereocenters. The van der Waals surface area contributed by atoms with Gasteiger partial charge >= 0.3 is 0 Å². The van der Waals surface area contributed by atoms with Gasteiger partial charge in [-0.1, -0.05) is 33.2 Å². The molecule has 1 saturated heterocycles. The van der Waals surface area contributed by atoms with Crippen LogP contribution in [0, 0.1) is 0 Å². The molecule has 19 heavy (non-hydrogen) atoms. The van der Waals surface area contributed by atoms with Crippen molar-refractivity contribution in [1.82, 2.24) is 15.5 Å². The number of aromatic nitrogens is 2. The molecule has 3 rings (SSSR count). The van der Waals surface area contributed by atoms with Crippen molar-refractivity contribution >= 4 is 15.9 Å². The second-order valence-corrected chi connectivity index (χ2v) is 6.22. The predicted molar refractivity (Wildman–Crippen MR) is 76.1 cm³/mol. The lowest BCUT2D eigenvalue weighted by atomic mass is 9.90. The van der Waals surface area contributed by atoms with Gasteiger partial charge in [-0.25, -0.2) is 0 Å². The van der Waals surface area contributed by atoms with Crippen molar-refractivity contribution in [3.63, 3.8) is 0 Å². The van der Waals surface area contributed by atoms with E-state index in [9.17, 15) is 0 Å². The maximum atomic E-state index is 5.44. The summed E-state index contributed by atoms with van der Waals surface area (Å²) in [4.78, 5) is 4.55. The van der Waals surface area contributed by atoms with Crippen LogP contribution in [0.2, 0.25) is 0 Å². The number of rotatable bonds is 3. The number of halogens is 1. The van der Waals surface area contributed by atoms with Crippen molar-refractivity contribution in [2.45, 2.75) is 25.2 Å². The smallest absolute Gasteiger partial charge is 0.233 e. The fourth-order valence-electron chi connectivity index (χ4n) is 2.36. The van der Waals surface area contributed by atoms with Crippen LogP contribution in [0.25, 0.3) is 0 Å². The van der Waals surface area contributed by atoms with Gasteiger partial charge in [-0.15, -0.1) is 0 Å². The van der Waals surface area contributed by atoms with Crippen molar-refractivity contribution < 1.29 is 4.52 Å². The van der Waals surface area contributed by atoms with Gasteiger partial charge in [-0.2, -0.15) is 4.98 Å². The van der Waals surface area contributed by atoms with E-state index < -0.39 is 0 Å². The Hall–Kier alpha value is -1.20. The molecular formula is C14H16BrN3O. The molecule has 0 aliphatic carbocycles. The Morgan fingerprint density at radius 3 is 2.84 bits per heavy atom. The zero-order valence-corrected chi connectivity index (χ0v) is 12.4. The molecule has 1 N–H and O–H groups in total. The molecule has 1 aromatic carbocycles. The first-order valence-corrected chi connectivity index (χ1v) is 7.23. The van der Waals surface area contributed by atoms with E-state index in [1.165, 1.54) is 5.56 Å². The van der Waals surface area contributed by atoms with E-state index in [-0.39, 0.29) is 5.41 Å². The Balaban J connectivity index is 1.76. The molecule has 1 aliphatic heterocycles. The topological polar surface area (TPSA) is 51.0 Å². The zero-order valence-electron chi connectivity index (χ0n) is 10.8. The van der Waals surface area contributed by atoms with E-state index in [1.54, 1.807) is 0 Å². The van der Waals surface area contributed by atoms with E-state index in [1.807, 2.05) is 12.1 Å². The summed E-state index contributed by atoms with van der Waals surface area (Å²) in [6, 6.07) is 8.19. The molecule has 100 valence electrons. The van der Waals surface area contributed by atoms with Crippen LogP contribution in [0.15, 0.2) is 33.3 Å². The summed E-state index contributed by atoms with van der Waals surface area (Å²) in [5.41, 5.74) is 1.18. The fourth-order valence-corrected chi connectivity index (χ4v) is 2.62. The molecule has 1 fully saturated rings. The van der Waals surface area contributed by atoms with Gasteiger partial charge < -0.3 is 9.84 Å². The minimum atomic E-state index is -0.00896. The number of nitrogens with one attached hydrogen (secondary N) is 1. The average Bonchev–Trinajstić information content (AvgIpc) is 3.02. The van der Waals surface area contributed by atoms with Crippen LogP contribution in [-0.2, 0) is 11.8 Å². The highest BCUT2D eigenvalue weighted by atomic mass is 79.9. The molecule has 0 saturated carbocycles. The predicted octanol–water partition coefficient (Wildman–Crippen LogP) is 2.67. The summed E-state index contributed by atoms with van der Waals surface area (Å²) in [6.07, 6.45) is 1.76. The molecule has 1 aliphatic rings. The highest BCUT2D eigenvalue weighted by Crippen LogP contribution is 2.28. The first kappa shape index (κ1) is 12.8. The maximum absolute atomic E-state index is 5.44. The largest absolute Gasteiger partial charge is 0.339 e. The van der Waals surface area contributed by atoms with E-state index in [2.05, 4.69) is 50.4 Å². The lowest BCUT2D eigenvalue weighted by Crippen LogP contribution is -2.25. The third kappa shape index (κ3) is 2.72. The lowest BCUT2D eigenvalue weighted by Gasteiger charge is -2.15. The monoisotopic (exact) mass is 321 g/mol. The summed E-state index contributed by atoms with van der Waals surface area (Å²) in [6.45, 7) is 4.10. The fraction of sp³-hybridized carbons (Fsp3) is 0.429. The van der Waals surface area contributed by atoms with E-state index in [0.717, 1.165) is 35.7 Å². The number of nitrogens with zero attached hydrogens (tertiary/aromatic N) is 2. The molecule has 0 radical (unpaired) electrons. The maximum Gasteiger partial charge on any atom is 0.233 e. The van der Waals surface area contributed by atoms with Crippen molar-refractivity contribution in [2.75, 3.05) is 13.1 Å². The normalized spacial score (nSPS) is 22.8. The Bertz CT molecular complexity index is 558. The second-order valence-electron chi connectivity index (χ2n) is 5.31. The Morgan fingerprint density at radius 2 is 2.16 bits per heavy atom. The average molecular weight is 322 g/mol. The minimum absolute atomic E-state index is 0.00896. The van der Waals surface area contributed by atoms with Gasteiger partial charge in [0.05, 0.1) is 5.41 Å². The van der Waals surface area contributed by atoms with Crippen LogP contribution in [0.3, 0.4) is 0 Å². The van der Waals surface area contributed by atoms with E-state index >= 15 is 0 Å². The van der Waals surface area contributed by atoms with Crippen molar-refractivity contribution in [3.8, 4) is 0 Å². The van der Waals surface area contributed by atoms with Gasteiger partial charge in [0, 0.05) is 17.4 Å². The molecule has 2 aromatic rings. The summed E-state index contributed by atoms with van der Waals surface area (Å²) >= 11 is 3.43. The first-order chi connectivity index (χ1) is 9.16. The second kappa shape index (κ2) is 5.06. The van der Waals surface area contributed by atoms with E-state index in [0.29, 0.717) is 6.42 Å². The van der Waals surface area contributed by atoms with Crippen molar-refractivity contribution in [3.05, 3.63) is 46.0 Å². The minimum Gasteiger partial charge on any atom is -0.339 e. The highest BCUT2D eigenvalue weighted by Gasteiger charge is 2.36. The summed E-state index contributed by atoms with van der Waals surface area (Å²) in [5.74, 6) is 1.51. The van der Waals surface area contributed by atoms with Crippen LogP contribution in [0.5, 0.6) is 0 Å². The van der Waals surface area contributed by atoms with Gasteiger partial charge in [0.15, 0.2) is 5.82 Å².